The smallest absolute Gasteiger partial charge is 0.220 e. The van der Waals surface area contributed by atoms with Crippen LogP contribution in [0.25, 0.3) is 0 Å². The maximum Gasteiger partial charge on any atom is 0.220 e. The first-order valence-corrected chi connectivity index (χ1v) is 7.27. The Balaban J connectivity index is 1.98. The number of aliphatic hydroxyl groups excluding tert-OH is 1. The largest absolute Gasteiger partial charge is 0.494 e. The first-order valence-electron chi connectivity index (χ1n) is 7.27. The number of carbonyl (C=O) groups is 1. The summed E-state index contributed by atoms with van der Waals surface area (Å²) in [6.07, 6.45) is 3.05. The Morgan fingerprint density at radius 1 is 1.30 bits per heavy atom. The normalized spacial score (nSPS) is 11.9. The number of benzene rings is 1. The Labute approximate surface area is 121 Å². The van der Waals surface area contributed by atoms with Crippen molar-refractivity contribution < 1.29 is 14.6 Å². The summed E-state index contributed by atoms with van der Waals surface area (Å²) in [5.74, 6) is 1.22. The number of rotatable bonds is 10. The molecule has 0 bridgehead atoms. The average Bonchev–Trinajstić information content (AvgIpc) is 2.49. The quantitative estimate of drug-likeness (QED) is 0.646. The van der Waals surface area contributed by atoms with Gasteiger partial charge in [0.25, 0.3) is 0 Å². The van der Waals surface area contributed by atoms with Gasteiger partial charge in [0.1, 0.15) is 5.75 Å². The second-order valence-corrected chi connectivity index (χ2v) is 5.04. The van der Waals surface area contributed by atoms with Crippen LogP contribution in [0, 0.1) is 5.92 Å². The first-order chi connectivity index (χ1) is 9.72. The number of aliphatic hydroxyl groups is 1. The van der Waals surface area contributed by atoms with E-state index in [9.17, 15) is 4.79 Å². The lowest BCUT2D eigenvalue weighted by atomic mass is 10.1. The molecule has 0 aliphatic carbocycles. The molecule has 0 aromatic heterocycles. The van der Waals surface area contributed by atoms with Gasteiger partial charge >= 0.3 is 0 Å². The van der Waals surface area contributed by atoms with Crippen LogP contribution >= 0.6 is 0 Å². The Kier molecular flexibility index (Phi) is 8.47. The van der Waals surface area contributed by atoms with E-state index in [-0.39, 0.29) is 12.5 Å². The first kappa shape index (κ1) is 16.5. The summed E-state index contributed by atoms with van der Waals surface area (Å²) < 4.78 is 5.52. The molecule has 1 aromatic rings. The molecule has 0 saturated carbocycles. The zero-order valence-corrected chi connectivity index (χ0v) is 12.2. The van der Waals surface area contributed by atoms with Crippen molar-refractivity contribution in [2.24, 2.45) is 5.92 Å². The molecule has 4 nitrogen and oxygen atoms in total. The van der Waals surface area contributed by atoms with E-state index in [4.69, 9.17) is 9.84 Å². The molecule has 1 amide bonds. The van der Waals surface area contributed by atoms with E-state index in [1.165, 1.54) is 0 Å². The van der Waals surface area contributed by atoms with Gasteiger partial charge in [0.2, 0.25) is 5.91 Å². The van der Waals surface area contributed by atoms with Crippen molar-refractivity contribution in [2.75, 3.05) is 19.8 Å². The van der Waals surface area contributed by atoms with Crippen molar-refractivity contribution >= 4 is 5.91 Å². The van der Waals surface area contributed by atoms with Crippen molar-refractivity contribution in [1.29, 1.82) is 0 Å². The monoisotopic (exact) mass is 279 g/mol. The molecular weight excluding hydrogens is 254 g/mol. The zero-order valence-electron chi connectivity index (χ0n) is 12.2. The van der Waals surface area contributed by atoms with Crippen LogP contribution in [0.2, 0.25) is 0 Å². The molecule has 1 atom stereocenters. The van der Waals surface area contributed by atoms with Crippen molar-refractivity contribution in [1.82, 2.24) is 5.32 Å². The van der Waals surface area contributed by atoms with Crippen LogP contribution in [0.3, 0.4) is 0 Å². The van der Waals surface area contributed by atoms with Crippen molar-refractivity contribution in [2.45, 2.75) is 32.6 Å². The standard InChI is InChI=1S/C16H25NO3/c1-14(13-18)7-5-11-17-16(19)10-6-12-20-15-8-3-2-4-9-15/h2-4,8-9,14,18H,5-7,10-13H2,1H3,(H,17,19). The minimum absolute atomic E-state index is 0.0679. The predicted molar refractivity (Wildman–Crippen MR) is 79.7 cm³/mol. The van der Waals surface area contributed by atoms with Crippen LogP contribution in [0.15, 0.2) is 30.3 Å². The topological polar surface area (TPSA) is 58.6 Å². The average molecular weight is 279 g/mol. The Bertz CT molecular complexity index is 367. The summed E-state index contributed by atoms with van der Waals surface area (Å²) in [6, 6.07) is 9.60. The van der Waals surface area contributed by atoms with Crippen LogP contribution in [0.5, 0.6) is 5.75 Å². The van der Waals surface area contributed by atoms with Gasteiger partial charge in [-0.25, -0.2) is 0 Å². The number of hydrogen-bond acceptors (Lipinski definition) is 3. The maximum absolute atomic E-state index is 11.6. The van der Waals surface area contributed by atoms with Crippen molar-refractivity contribution in [3.8, 4) is 5.75 Å². The van der Waals surface area contributed by atoms with Crippen LogP contribution in [-0.2, 0) is 4.79 Å². The van der Waals surface area contributed by atoms with E-state index in [1.54, 1.807) is 0 Å². The maximum atomic E-state index is 11.6. The lowest BCUT2D eigenvalue weighted by molar-refractivity contribution is -0.121. The highest BCUT2D eigenvalue weighted by Gasteiger charge is 2.03. The van der Waals surface area contributed by atoms with Gasteiger partial charge in [-0.2, -0.15) is 0 Å². The van der Waals surface area contributed by atoms with E-state index in [1.807, 2.05) is 37.3 Å². The molecule has 1 rings (SSSR count). The van der Waals surface area contributed by atoms with E-state index >= 15 is 0 Å². The molecule has 1 aromatic carbocycles. The van der Waals surface area contributed by atoms with Crippen molar-refractivity contribution in [3.63, 3.8) is 0 Å². The van der Waals surface area contributed by atoms with E-state index in [0.717, 1.165) is 18.6 Å². The molecule has 0 aliphatic rings. The third-order valence-corrected chi connectivity index (χ3v) is 3.07. The summed E-state index contributed by atoms with van der Waals surface area (Å²) >= 11 is 0. The van der Waals surface area contributed by atoms with Gasteiger partial charge in [-0.05, 0) is 37.3 Å². The fraction of sp³-hybridized carbons (Fsp3) is 0.562. The fourth-order valence-electron chi connectivity index (χ4n) is 1.80. The molecule has 1 unspecified atom stereocenters. The van der Waals surface area contributed by atoms with E-state index in [0.29, 0.717) is 31.9 Å². The molecule has 0 saturated heterocycles. The van der Waals surface area contributed by atoms with Gasteiger partial charge < -0.3 is 15.2 Å². The minimum atomic E-state index is 0.0679. The number of carbonyl (C=O) groups excluding carboxylic acids is 1. The molecular formula is C16H25NO3. The highest BCUT2D eigenvalue weighted by Crippen LogP contribution is 2.08. The van der Waals surface area contributed by atoms with Crippen LogP contribution < -0.4 is 10.1 Å². The second-order valence-electron chi connectivity index (χ2n) is 5.04. The van der Waals surface area contributed by atoms with E-state index < -0.39 is 0 Å². The second kappa shape index (κ2) is 10.3. The van der Waals surface area contributed by atoms with Crippen LogP contribution in [0.1, 0.15) is 32.6 Å². The van der Waals surface area contributed by atoms with Crippen LogP contribution in [-0.4, -0.2) is 30.8 Å². The van der Waals surface area contributed by atoms with Gasteiger partial charge in [-0.1, -0.05) is 25.1 Å². The highest BCUT2D eigenvalue weighted by atomic mass is 16.5. The molecule has 2 N–H and O–H groups in total. The summed E-state index contributed by atoms with van der Waals surface area (Å²) in [5, 5.41) is 11.8. The lowest BCUT2D eigenvalue weighted by Crippen LogP contribution is -2.25. The third-order valence-electron chi connectivity index (χ3n) is 3.07. The number of hydrogen-bond donors (Lipinski definition) is 2. The minimum Gasteiger partial charge on any atom is -0.494 e. The summed E-state index contributed by atoms with van der Waals surface area (Å²) in [7, 11) is 0. The third kappa shape index (κ3) is 7.79. The number of para-hydroxylation sites is 1. The fourth-order valence-corrected chi connectivity index (χ4v) is 1.80. The number of amides is 1. The SMILES string of the molecule is CC(CO)CCCNC(=O)CCCOc1ccccc1. The van der Waals surface area contributed by atoms with Crippen LogP contribution in [0.4, 0.5) is 0 Å². The molecule has 0 radical (unpaired) electrons. The molecule has 0 heterocycles. The lowest BCUT2D eigenvalue weighted by Gasteiger charge is -2.09. The summed E-state index contributed by atoms with van der Waals surface area (Å²) in [5.41, 5.74) is 0. The molecule has 4 heteroatoms. The van der Waals surface area contributed by atoms with Crippen molar-refractivity contribution in [3.05, 3.63) is 30.3 Å². The molecule has 0 fully saturated rings. The highest BCUT2D eigenvalue weighted by molar-refractivity contribution is 5.75. The Morgan fingerprint density at radius 2 is 2.05 bits per heavy atom. The molecule has 0 spiro atoms. The molecule has 0 aliphatic heterocycles. The van der Waals surface area contributed by atoms with Gasteiger partial charge in [-0.15, -0.1) is 0 Å². The molecule has 112 valence electrons. The number of nitrogens with one attached hydrogen (secondary N) is 1. The van der Waals surface area contributed by atoms with E-state index in [2.05, 4.69) is 5.32 Å². The van der Waals surface area contributed by atoms with Gasteiger partial charge in [0.05, 0.1) is 6.61 Å². The predicted octanol–water partition coefficient (Wildman–Crippen LogP) is 2.37. The Hall–Kier alpha value is -1.55. The number of ether oxygens (including phenoxy) is 1. The zero-order chi connectivity index (χ0) is 14.6. The van der Waals surface area contributed by atoms with Gasteiger partial charge in [0, 0.05) is 19.6 Å². The molecule has 20 heavy (non-hydrogen) atoms. The van der Waals surface area contributed by atoms with Gasteiger partial charge in [0.15, 0.2) is 0 Å². The van der Waals surface area contributed by atoms with Gasteiger partial charge in [-0.3, -0.25) is 4.79 Å². The Morgan fingerprint density at radius 3 is 2.75 bits per heavy atom. The summed E-state index contributed by atoms with van der Waals surface area (Å²) in [4.78, 5) is 11.6. The summed E-state index contributed by atoms with van der Waals surface area (Å²) in [6.45, 7) is 3.45.